The van der Waals surface area contributed by atoms with Crippen molar-refractivity contribution in [2.75, 3.05) is 13.2 Å². The monoisotopic (exact) mass is 319 g/mol. The molecule has 23 heavy (non-hydrogen) atoms. The Morgan fingerprint density at radius 2 is 1.91 bits per heavy atom. The molecule has 1 rings (SSSR count). The Kier molecular flexibility index (Phi) is 6.61. The summed E-state index contributed by atoms with van der Waals surface area (Å²) in [5, 5.41) is 11.3. The molecule has 0 aliphatic rings. The number of alkyl carbamates (subject to hydrolysis) is 1. The minimum Gasteiger partial charge on any atom is -0.480 e. The lowest BCUT2D eigenvalue weighted by atomic mass is 10.1. The number of amides is 1. The molecule has 1 atom stereocenters. The number of carbonyl (C=O) groups excluding carboxylic acids is 1. The van der Waals surface area contributed by atoms with Crippen LogP contribution in [0.1, 0.15) is 37.9 Å². The first kappa shape index (κ1) is 18.5. The van der Waals surface area contributed by atoms with Gasteiger partial charge in [-0.2, -0.15) is 0 Å². The Balaban J connectivity index is 2.81. The summed E-state index contributed by atoms with van der Waals surface area (Å²) >= 11 is 0. The number of nitrogens with one attached hydrogen (secondary N) is 1. The quantitative estimate of drug-likeness (QED) is 0.786. The van der Waals surface area contributed by atoms with E-state index < -0.39 is 30.3 Å². The van der Waals surface area contributed by atoms with Crippen LogP contribution in [0.15, 0.2) is 24.3 Å². The fourth-order valence-corrected chi connectivity index (χ4v) is 1.75. The van der Waals surface area contributed by atoms with E-state index in [1.54, 1.807) is 45.0 Å². The van der Waals surface area contributed by atoms with E-state index >= 15 is 0 Å². The molecule has 0 heterocycles. The van der Waals surface area contributed by atoms with Gasteiger partial charge in [0.05, 0.1) is 12.6 Å². The molecule has 1 aromatic carbocycles. The minimum absolute atomic E-state index is 0.000936. The second-order valence-corrected chi connectivity index (χ2v) is 5.87. The van der Waals surface area contributed by atoms with E-state index in [4.69, 9.17) is 21.0 Å². The van der Waals surface area contributed by atoms with E-state index in [0.717, 1.165) is 5.56 Å². The molecule has 0 bridgehead atoms. The summed E-state index contributed by atoms with van der Waals surface area (Å²) in [6, 6.07) is 6.42. The molecule has 0 saturated heterocycles. The van der Waals surface area contributed by atoms with E-state index in [-0.39, 0.29) is 6.61 Å². The summed E-state index contributed by atoms with van der Waals surface area (Å²) in [6.07, 6.45) is 4.70. The number of benzene rings is 1. The van der Waals surface area contributed by atoms with E-state index in [2.05, 4.69) is 11.2 Å². The standard InChI is InChI=1S/C17H21NO5/c1-5-12-6-8-13(9-7-12)14(10-22-11-15(19)20)18-16(21)23-17(2,3)4/h1,6-9,14H,10-11H2,2-4H3,(H,18,21)(H,19,20). The van der Waals surface area contributed by atoms with Crippen molar-refractivity contribution >= 4 is 12.1 Å². The first-order chi connectivity index (χ1) is 10.7. The van der Waals surface area contributed by atoms with Gasteiger partial charge in [0.15, 0.2) is 0 Å². The number of hydrogen-bond acceptors (Lipinski definition) is 4. The molecule has 0 saturated carbocycles. The van der Waals surface area contributed by atoms with Crippen molar-refractivity contribution < 1.29 is 24.2 Å². The molecule has 6 nitrogen and oxygen atoms in total. The third-order valence-electron chi connectivity index (χ3n) is 2.68. The van der Waals surface area contributed by atoms with Crippen LogP contribution in [0.4, 0.5) is 4.79 Å². The fourth-order valence-electron chi connectivity index (χ4n) is 1.75. The zero-order valence-corrected chi connectivity index (χ0v) is 13.5. The van der Waals surface area contributed by atoms with Gasteiger partial charge < -0.3 is 19.9 Å². The number of rotatable bonds is 6. The number of aliphatic carboxylic acids is 1. The molecule has 1 amide bonds. The van der Waals surface area contributed by atoms with Crippen molar-refractivity contribution in [3.63, 3.8) is 0 Å². The first-order valence-electron chi connectivity index (χ1n) is 7.07. The highest BCUT2D eigenvalue weighted by Gasteiger charge is 2.21. The van der Waals surface area contributed by atoms with Crippen molar-refractivity contribution in [2.24, 2.45) is 0 Å². The summed E-state index contributed by atoms with van der Waals surface area (Å²) in [5.41, 5.74) is 0.806. The Labute approximate surface area is 135 Å². The number of terminal acetylenes is 1. The molecule has 0 aliphatic carbocycles. The number of carboxylic acids is 1. The van der Waals surface area contributed by atoms with Crippen LogP contribution >= 0.6 is 0 Å². The van der Waals surface area contributed by atoms with E-state index in [1.165, 1.54) is 0 Å². The van der Waals surface area contributed by atoms with Gasteiger partial charge in [0.2, 0.25) is 0 Å². The Hall–Kier alpha value is -2.52. The molecular formula is C17H21NO5. The summed E-state index contributed by atoms with van der Waals surface area (Å²) in [6.45, 7) is 4.81. The van der Waals surface area contributed by atoms with E-state index in [0.29, 0.717) is 5.56 Å². The van der Waals surface area contributed by atoms with Crippen LogP contribution < -0.4 is 5.32 Å². The van der Waals surface area contributed by atoms with Crippen LogP contribution in [-0.2, 0) is 14.3 Å². The molecule has 2 N–H and O–H groups in total. The van der Waals surface area contributed by atoms with Gasteiger partial charge in [0.25, 0.3) is 0 Å². The third-order valence-corrected chi connectivity index (χ3v) is 2.68. The SMILES string of the molecule is C#Cc1ccc(C(COCC(=O)O)NC(=O)OC(C)(C)C)cc1. The number of carbonyl (C=O) groups is 2. The predicted molar refractivity (Wildman–Crippen MR) is 84.9 cm³/mol. The molecule has 124 valence electrons. The molecule has 1 aromatic rings. The van der Waals surface area contributed by atoms with Gasteiger partial charge in [-0.3, -0.25) is 0 Å². The summed E-state index contributed by atoms with van der Waals surface area (Å²) in [5.74, 6) is 1.42. The Morgan fingerprint density at radius 3 is 2.39 bits per heavy atom. The summed E-state index contributed by atoms with van der Waals surface area (Å²) in [7, 11) is 0. The van der Waals surface area contributed by atoms with E-state index in [9.17, 15) is 9.59 Å². The third kappa shape index (κ3) is 7.34. The zero-order chi connectivity index (χ0) is 17.5. The van der Waals surface area contributed by atoms with Gasteiger partial charge in [0.1, 0.15) is 12.2 Å². The molecule has 0 fully saturated rings. The summed E-state index contributed by atoms with van der Waals surface area (Å²) < 4.78 is 10.3. The molecular weight excluding hydrogens is 298 g/mol. The molecule has 0 radical (unpaired) electrons. The van der Waals surface area contributed by atoms with Crippen LogP contribution in [0.3, 0.4) is 0 Å². The zero-order valence-electron chi connectivity index (χ0n) is 13.5. The lowest BCUT2D eigenvalue weighted by Gasteiger charge is -2.24. The van der Waals surface area contributed by atoms with Gasteiger partial charge in [-0.05, 0) is 38.5 Å². The number of ether oxygens (including phenoxy) is 2. The molecule has 0 aliphatic heterocycles. The van der Waals surface area contributed by atoms with Crippen LogP contribution in [0.2, 0.25) is 0 Å². The topological polar surface area (TPSA) is 84.9 Å². The highest BCUT2D eigenvalue weighted by Crippen LogP contribution is 2.16. The second-order valence-electron chi connectivity index (χ2n) is 5.87. The van der Waals surface area contributed by atoms with Gasteiger partial charge in [-0.15, -0.1) is 6.42 Å². The van der Waals surface area contributed by atoms with Gasteiger partial charge in [-0.1, -0.05) is 18.1 Å². The van der Waals surface area contributed by atoms with Gasteiger partial charge >= 0.3 is 12.1 Å². The smallest absolute Gasteiger partial charge is 0.408 e. The van der Waals surface area contributed by atoms with Crippen molar-refractivity contribution in [3.05, 3.63) is 35.4 Å². The molecule has 0 spiro atoms. The van der Waals surface area contributed by atoms with Crippen LogP contribution in [-0.4, -0.2) is 36.0 Å². The summed E-state index contributed by atoms with van der Waals surface area (Å²) in [4.78, 5) is 22.5. The normalized spacial score (nSPS) is 12.1. The lowest BCUT2D eigenvalue weighted by molar-refractivity contribution is -0.142. The lowest BCUT2D eigenvalue weighted by Crippen LogP contribution is -2.37. The van der Waals surface area contributed by atoms with Gasteiger partial charge in [0, 0.05) is 5.56 Å². The van der Waals surface area contributed by atoms with E-state index in [1.807, 2.05) is 0 Å². The van der Waals surface area contributed by atoms with Crippen molar-refractivity contribution in [1.29, 1.82) is 0 Å². The average Bonchev–Trinajstić information content (AvgIpc) is 2.44. The van der Waals surface area contributed by atoms with Crippen molar-refractivity contribution in [2.45, 2.75) is 32.4 Å². The maximum absolute atomic E-state index is 11.9. The number of carboxylic acid groups (broad SMARTS) is 1. The van der Waals surface area contributed by atoms with Crippen LogP contribution in [0.5, 0.6) is 0 Å². The molecule has 1 unspecified atom stereocenters. The molecule has 6 heteroatoms. The fraction of sp³-hybridized carbons (Fsp3) is 0.412. The maximum atomic E-state index is 11.9. The van der Waals surface area contributed by atoms with Crippen LogP contribution in [0, 0.1) is 12.3 Å². The average molecular weight is 319 g/mol. The predicted octanol–water partition coefficient (Wildman–Crippen LogP) is 2.33. The van der Waals surface area contributed by atoms with Crippen molar-refractivity contribution in [1.82, 2.24) is 5.32 Å². The highest BCUT2D eigenvalue weighted by atomic mass is 16.6. The highest BCUT2D eigenvalue weighted by molar-refractivity contribution is 5.69. The second kappa shape index (κ2) is 8.20. The largest absolute Gasteiger partial charge is 0.480 e. The molecule has 0 aromatic heterocycles. The Bertz CT molecular complexity index is 580. The maximum Gasteiger partial charge on any atom is 0.408 e. The Morgan fingerprint density at radius 1 is 1.30 bits per heavy atom. The van der Waals surface area contributed by atoms with Crippen molar-refractivity contribution in [3.8, 4) is 12.3 Å². The van der Waals surface area contributed by atoms with Gasteiger partial charge in [-0.25, -0.2) is 9.59 Å². The number of hydrogen-bond donors (Lipinski definition) is 2. The first-order valence-corrected chi connectivity index (χ1v) is 7.07. The minimum atomic E-state index is -1.08. The van der Waals surface area contributed by atoms with Crippen LogP contribution in [0.25, 0.3) is 0 Å².